The van der Waals surface area contributed by atoms with Crippen LogP contribution in [0.25, 0.3) is 11.4 Å². The predicted octanol–water partition coefficient (Wildman–Crippen LogP) is 3.62. The first-order valence-corrected chi connectivity index (χ1v) is 9.24. The molecule has 0 fully saturated rings. The zero-order valence-electron chi connectivity index (χ0n) is 15.7. The minimum absolute atomic E-state index is 0.0655. The number of thioether (sulfide) groups is 1. The summed E-state index contributed by atoms with van der Waals surface area (Å²) in [7, 11) is 1.85. The van der Waals surface area contributed by atoms with Gasteiger partial charge < -0.3 is 9.98 Å². The van der Waals surface area contributed by atoms with E-state index in [0.29, 0.717) is 5.16 Å². The number of benzene rings is 1. The van der Waals surface area contributed by atoms with Gasteiger partial charge in [0.2, 0.25) is 0 Å². The van der Waals surface area contributed by atoms with Crippen molar-refractivity contribution in [1.29, 1.82) is 10.7 Å². The van der Waals surface area contributed by atoms with Crippen molar-refractivity contribution >= 4 is 23.3 Å². The maximum absolute atomic E-state index is 12.1. The van der Waals surface area contributed by atoms with Gasteiger partial charge in [-0.1, -0.05) is 56.8 Å². The molecule has 7 heteroatoms. The molecule has 1 unspecified atom stereocenters. The van der Waals surface area contributed by atoms with Gasteiger partial charge in [-0.05, 0) is 17.9 Å². The molecular weight excluding hydrogens is 346 g/mol. The summed E-state index contributed by atoms with van der Waals surface area (Å²) in [5.41, 5.74) is 2.35. The number of ketones is 1. The smallest absolute Gasteiger partial charge is 0.191 e. The van der Waals surface area contributed by atoms with Gasteiger partial charge in [-0.25, -0.2) is 0 Å². The Hall–Kier alpha value is -2.46. The average Bonchev–Trinajstić information content (AvgIpc) is 2.93. The molecule has 2 rings (SSSR count). The van der Waals surface area contributed by atoms with Gasteiger partial charge >= 0.3 is 0 Å². The highest BCUT2D eigenvalue weighted by Crippen LogP contribution is 2.27. The number of nitriles is 1. The van der Waals surface area contributed by atoms with E-state index in [4.69, 9.17) is 10.7 Å². The van der Waals surface area contributed by atoms with E-state index >= 15 is 0 Å². The van der Waals surface area contributed by atoms with Crippen molar-refractivity contribution < 1.29 is 4.79 Å². The van der Waals surface area contributed by atoms with Gasteiger partial charge in [0.05, 0.1) is 11.8 Å². The quantitative estimate of drug-likeness (QED) is 0.620. The lowest BCUT2D eigenvalue weighted by atomic mass is 9.87. The Bertz CT molecular complexity index is 856. The highest BCUT2D eigenvalue weighted by atomic mass is 32.2. The lowest BCUT2D eigenvalue weighted by Gasteiger charge is -2.19. The van der Waals surface area contributed by atoms with Crippen molar-refractivity contribution in [3.8, 4) is 17.5 Å². The second-order valence-corrected chi connectivity index (χ2v) is 8.14. The van der Waals surface area contributed by atoms with Crippen LogP contribution >= 0.6 is 11.8 Å². The van der Waals surface area contributed by atoms with E-state index in [1.54, 1.807) is 0 Å². The molecule has 1 atom stereocenters. The molecule has 0 amide bonds. The van der Waals surface area contributed by atoms with Crippen LogP contribution in [0.15, 0.2) is 29.4 Å². The van der Waals surface area contributed by atoms with Gasteiger partial charge in [0.15, 0.2) is 16.8 Å². The molecule has 6 nitrogen and oxygen atoms in total. The molecule has 26 heavy (non-hydrogen) atoms. The third-order valence-corrected chi connectivity index (χ3v) is 5.11. The van der Waals surface area contributed by atoms with Crippen molar-refractivity contribution in [2.24, 2.45) is 13.0 Å². The summed E-state index contributed by atoms with van der Waals surface area (Å²) in [4.78, 5) is 12.1. The first-order valence-electron chi connectivity index (χ1n) is 8.25. The topological polar surface area (TPSA) is 95.4 Å². The number of hydrogen-bond donors (Lipinski definition) is 1. The molecule has 1 N–H and O–H groups in total. The first kappa shape index (κ1) is 19.9. The van der Waals surface area contributed by atoms with Crippen LogP contribution in [0, 0.1) is 22.7 Å². The monoisotopic (exact) mass is 369 g/mol. The van der Waals surface area contributed by atoms with Gasteiger partial charge in [-0.3, -0.25) is 4.79 Å². The molecule has 136 valence electrons. The Kier molecular flexibility index (Phi) is 5.98. The van der Waals surface area contributed by atoms with Gasteiger partial charge in [-0.15, -0.1) is 10.2 Å². The highest BCUT2D eigenvalue weighted by molar-refractivity contribution is 7.99. The van der Waals surface area contributed by atoms with Crippen LogP contribution in [0.2, 0.25) is 0 Å². The molecule has 0 aliphatic rings. The van der Waals surface area contributed by atoms with E-state index < -0.39 is 5.92 Å². The zero-order valence-corrected chi connectivity index (χ0v) is 16.5. The van der Waals surface area contributed by atoms with Crippen LogP contribution < -0.4 is 0 Å². The SMILES string of the molecule is CC(=N)C(C#N)C(=O)CSc1nnc(-c2ccc(C(C)(C)C)cc2)n1C. The van der Waals surface area contributed by atoms with Crippen molar-refractivity contribution in [3.63, 3.8) is 0 Å². The van der Waals surface area contributed by atoms with Crippen LogP contribution in [-0.4, -0.2) is 32.0 Å². The number of hydrogen-bond acceptors (Lipinski definition) is 6. The fourth-order valence-corrected chi connectivity index (χ4v) is 3.26. The summed E-state index contributed by atoms with van der Waals surface area (Å²) in [5, 5.41) is 25.5. The standard InChI is InChI=1S/C19H23N5OS/c1-12(21)15(10-20)16(25)11-26-18-23-22-17(24(18)5)13-6-8-14(9-7-13)19(2,3)4/h6-9,15,21H,11H2,1-5H3. The number of nitrogens with zero attached hydrogens (tertiary/aromatic N) is 4. The molecule has 0 bridgehead atoms. The third-order valence-electron chi connectivity index (χ3n) is 4.07. The minimum atomic E-state index is -0.986. The van der Waals surface area contributed by atoms with E-state index in [0.717, 1.165) is 11.4 Å². The molecule has 0 spiro atoms. The lowest BCUT2D eigenvalue weighted by molar-refractivity contribution is -0.117. The van der Waals surface area contributed by atoms with Gasteiger partial charge in [0.1, 0.15) is 5.92 Å². The van der Waals surface area contributed by atoms with Gasteiger partial charge in [0.25, 0.3) is 0 Å². The van der Waals surface area contributed by atoms with E-state index in [1.165, 1.54) is 24.2 Å². The molecule has 0 radical (unpaired) electrons. The number of carbonyl (C=O) groups excluding carboxylic acids is 1. The molecule has 1 aromatic carbocycles. The molecule has 0 aliphatic carbocycles. The van der Waals surface area contributed by atoms with Gasteiger partial charge in [0, 0.05) is 18.3 Å². The largest absolute Gasteiger partial charge is 0.308 e. The van der Waals surface area contributed by atoms with E-state index in [2.05, 4.69) is 43.1 Å². The summed E-state index contributed by atoms with van der Waals surface area (Å²) >= 11 is 1.23. The van der Waals surface area contributed by atoms with Crippen LogP contribution in [0.5, 0.6) is 0 Å². The summed E-state index contributed by atoms with van der Waals surface area (Å²) in [6.45, 7) is 7.97. The van der Waals surface area contributed by atoms with Crippen molar-refractivity contribution in [3.05, 3.63) is 29.8 Å². The van der Waals surface area contributed by atoms with Crippen molar-refractivity contribution in [2.45, 2.75) is 38.3 Å². The highest BCUT2D eigenvalue weighted by Gasteiger charge is 2.21. The van der Waals surface area contributed by atoms with E-state index in [-0.39, 0.29) is 22.7 Å². The second-order valence-electron chi connectivity index (χ2n) is 7.19. The summed E-state index contributed by atoms with van der Waals surface area (Å²) in [5.74, 6) is -0.465. The molecule has 0 aliphatic heterocycles. The predicted molar refractivity (Wildman–Crippen MR) is 103 cm³/mol. The van der Waals surface area contributed by atoms with Crippen molar-refractivity contribution in [1.82, 2.24) is 14.8 Å². The minimum Gasteiger partial charge on any atom is -0.308 e. The third kappa shape index (κ3) is 4.38. The Morgan fingerprint density at radius 1 is 1.31 bits per heavy atom. The zero-order chi connectivity index (χ0) is 19.5. The fraction of sp³-hybridized carbons (Fsp3) is 0.421. The van der Waals surface area contributed by atoms with Crippen LogP contribution in [0.4, 0.5) is 0 Å². The van der Waals surface area contributed by atoms with Crippen molar-refractivity contribution in [2.75, 3.05) is 5.75 Å². The molecular formula is C19H23N5OS. The lowest BCUT2D eigenvalue weighted by Crippen LogP contribution is -2.21. The maximum Gasteiger partial charge on any atom is 0.191 e. The number of aromatic nitrogens is 3. The van der Waals surface area contributed by atoms with E-state index in [1.807, 2.05) is 29.8 Å². The first-order chi connectivity index (χ1) is 12.1. The molecule has 0 saturated heterocycles. The normalized spacial score (nSPS) is 12.5. The summed E-state index contributed by atoms with van der Waals surface area (Å²) in [6, 6.07) is 10.1. The summed E-state index contributed by atoms with van der Waals surface area (Å²) in [6.07, 6.45) is 0. The Morgan fingerprint density at radius 2 is 1.92 bits per heavy atom. The molecule has 2 aromatic rings. The average molecular weight is 369 g/mol. The Morgan fingerprint density at radius 3 is 2.42 bits per heavy atom. The number of carbonyl (C=O) groups is 1. The number of Topliss-reactive ketones (excluding diaryl/α,β-unsaturated/α-hetero) is 1. The second kappa shape index (κ2) is 7.83. The van der Waals surface area contributed by atoms with Crippen LogP contribution in [-0.2, 0) is 17.3 Å². The molecule has 0 saturated carbocycles. The van der Waals surface area contributed by atoms with Gasteiger partial charge in [-0.2, -0.15) is 5.26 Å². The fourth-order valence-electron chi connectivity index (χ4n) is 2.44. The van der Waals surface area contributed by atoms with Crippen LogP contribution in [0.3, 0.4) is 0 Å². The van der Waals surface area contributed by atoms with E-state index in [9.17, 15) is 4.79 Å². The van der Waals surface area contributed by atoms with Crippen LogP contribution in [0.1, 0.15) is 33.3 Å². The number of rotatable bonds is 6. The molecule has 1 heterocycles. The maximum atomic E-state index is 12.1. The Labute approximate surface area is 158 Å². The number of nitrogens with one attached hydrogen (secondary N) is 1. The molecule has 1 aromatic heterocycles. The Balaban J connectivity index is 2.14. The summed E-state index contributed by atoms with van der Waals surface area (Å²) < 4.78 is 1.84.